The van der Waals surface area contributed by atoms with E-state index in [9.17, 15) is 4.79 Å². The standard InChI is InChI=1S/C30H22N.C5H8O2.Ir/c1-19(2)21-12-7-13-24-26(21)14-15-28-27(24)16-17-31-30(28)29-18-20-8-3-4-9-22(20)23-10-5-6-11-25(23)29;1-4(6)3-5(2)7;/h3-17,19H,1-2H3;3,6H,1-2H3;/q-1;;/b;4-3-;. The van der Waals surface area contributed by atoms with Crippen LogP contribution < -0.4 is 0 Å². The van der Waals surface area contributed by atoms with Crippen molar-refractivity contribution >= 4 is 48.9 Å². The van der Waals surface area contributed by atoms with Crippen LogP contribution in [-0.4, -0.2) is 15.9 Å². The second-order valence-electron chi connectivity index (χ2n) is 9.90. The first kappa shape index (κ1) is 28.2. The van der Waals surface area contributed by atoms with Gasteiger partial charge in [-0.1, -0.05) is 108 Å². The summed E-state index contributed by atoms with van der Waals surface area (Å²) in [5.41, 5.74) is 3.45. The van der Waals surface area contributed by atoms with Gasteiger partial charge in [0, 0.05) is 38.1 Å². The number of aromatic nitrogens is 1. The molecule has 4 heteroatoms. The Hall–Kier alpha value is -3.85. The Morgan fingerprint density at radius 3 is 2.00 bits per heavy atom. The van der Waals surface area contributed by atoms with Crippen molar-refractivity contribution in [1.82, 2.24) is 4.98 Å². The zero-order valence-electron chi connectivity index (χ0n) is 22.5. The Balaban J connectivity index is 0.000000394. The largest absolute Gasteiger partial charge is 0.512 e. The summed E-state index contributed by atoms with van der Waals surface area (Å²) < 4.78 is 0. The summed E-state index contributed by atoms with van der Waals surface area (Å²) in [6.45, 7) is 7.36. The molecule has 6 aromatic rings. The maximum absolute atomic E-state index is 10.0. The molecule has 39 heavy (non-hydrogen) atoms. The van der Waals surface area contributed by atoms with Gasteiger partial charge in [-0.2, -0.15) is 0 Å². The zero-order valence-corrected chi connectivity index (χ0v) is 24.8. The minimum absolute atomic E-state index is 0. The van der Waals surface area contributed by atoms with Crippen molar-refractivity contribution in [2.24, 2.45) is 0 Å². The third kappa shape index (κ3) is 5.63. The number of carbonyl (C=O) groups excluding carboxylic acids is 1. The third-order valence-electron chi connectivity index (χ3n) is 6.78. The van der Waals surface area contributed by atoms with Crippen LogP contribution in [0.2, 0.25) is 0 Å². The number of allylic oxidation sites excluding steroid dienone is 2. The van der Waals surface area contributed by atoms with Crippen LogP contribution in [0, 0.1) is 6.07 Å². The van der Waals surface area contributed by atoms with E-state index >= 15 is 0 Å². The number of aliphatic hydroxyl groups is 1. The van der Waals surface area contributed by atoms with Crippen LogP contribution in [0.3, 0.4) is 0 Å². The summed E-state index contributed by atoms with van der Waals surface area (Å²) in [6, 6.07) is 34.1. The van der Waals surface area contributed by atoms with Crippen LogP contribution in [0.1, 0.15) is 39.2 Å². The Morgan fingerprint density at radius 2 is 1.33 bits per heavy atom. The molecule has 1 N–H and O–H groups in total. The molecule has 3 nitrogen and oxygen atoms in total. The average molecular weight is 689 g/mol. The van der Waals surface area contributed by atoms with Gasteiger partial charge in [-0.15, -0.1) is 17.5 Å². The van der Waals surface area contributed by atoms with Gasteiger partial charge in [0.15, 0.2) is 5.78 Å². The molecule has 1 aromatic heterocycles. The van der Waals surface area contributed by atoms with Gasteiger partial charge in [0.25, 0.3) is 0 Å². The van der Waals surface area contributed by atoms with Crippen LogP contribution in [0.5, 0.6) is 0 Å². The fourth-order valence-corrected chi connectivity index (χ4v) is 5.20. The normalized spacial score (nSPS) is 11.5. The molecular weight excluding hydrogens is 659 g/mol. The third-order valence-corrected chi connectivity index (χ3v) is 6.78. The first-order chi connectivity index (χ1) is 18.3. The molecule has 6 rings (SSSR count). The Bertz CT molecular complexity index is 1850. The van der Waals surface area contributed by atoms with Gasteiger partial charge < -0.3 is 5.11 Å². The second kappa shape index (κ2) is 11.9. The molecule has 197 valence electrons. The molecule has 5 aromatic carbocycles. The Labute approximate surface area is 242 Å². The molecule has 0 amide bonds. The predicted molar refractivity (Wildman–Crippen MR) is 160 cm³/mol. The first-order valence-electron chi connectivity index (χ1n) is 12.9. The first-order valence-corrected chi connectivity index (χ1v) is 12.9. The van der Waals surface area contributed by atoms with E-state index in [-0.39, 0.29) is 31.6 Å². The number of rotatable bonds is 3. The molecular formula is C35H30IrNO2-. The molecule has 0 unspecified atom stereocenters. The van der Waals surface area contributed by atoms with Crippen molar-refractivity contribution in [3.63, 3.8) is 0 Å². The van der Waals surface area contributed by atoms with Crippen molar-refractivity contribution in [2.45, 2.75) is 33.6 Å². The number of hydrogen-bond acceptors (Lipinski definition) is 3. The predicted octanol–water partition coefficient (Wildman–Crippen LogP) is 9.32. The smallest absolute Gasteiger partial charge is 0.155 e. The molecule has 0 aliphatic heterocycles. The van der Waals surface area contributed by atoms with Crippen LogP contribution in [-0.2, 0) is 24.9 Å². The van der Waals surface area contributed by atoms with Gasteiger partial charge in [-0.05, 0) is 52.9 Å². The molecule has 1 radical (unpaired) electrons. The maximum atomic E-state index is 10.0. The Morgan fingerprint density at radius 1 is 0.744 bits per heavy atom. The number of nitrogens with zero attached hydrogens (tertiary/aromatic N) is 1. The Kier molecular flexibility index (Phi) is 8.60. The van der Waals surface area contributed by atoms with Crippen molar-refractivity contribution in [1.29, 1.82) is 0 Å². The number of aliphatic hydroxyl groups excluding tert-OH is 1. The fourth-order valence-electron chi connectivity index (χ4n) is 5.20. The fraction of sp³-hybridized carbons (Fsp3) is 0.143. The molecule has 0 spiro atoms. The van der Waals surface area contributed by atoms with Gasteiger partial charge in [-0.25, -0.2) is 0 Å². The van der Waals surface area contributed by atoms with Gasteiger partial charge >= 0.3 is 0 Å². The van der Waals surface area contributed by atoms with Gasteiger partial charge in [0.1, 0.15) is 0 Å². The van der Waals surface area contributed by atoms with Crippen LogP contribution in [0.25, 0.3) is 54.3 Å². The summed E-state index contributed by atoms with van der Waals surface area (Å²) in [4.78, 5) is 14.9. The maximum Gasteiger partial charge on any atom is 0.155 e. The molecule has 0 saturated carbocycles. The summed E-state index contributed by atoms with van der Waals surface area (Å²) >= 11 is 0. The van der Waals surface area contributed by atoms with E-state index in [1.807, 2.05) is 6.20 Å². The monoisotopic (exact) mass is 689 g/mol. The van der Waals surface area contributed by atoms with E-state index in [4.69, 9.17) is 10.1 Å². The van der Waals surface area contributed by atoms with E-state index in [2.05, 4.69) is 105 Å². The number of pyridine rings is 1. The van der Waals surface area contributed by atoms with Crippen LogP contribution >= 0.6 is 0 Å². The second-order valence-corrected chi connectivity index (χ2v) is 9.90. The number of ketones is 1. The number of carbonyl (C=O) groups is 1. The molecule has 0 atom stereocenters. The minimum atomic E-state index is -0.125. The molecule has 0 aliphatic rings. The molecule has 1 heterocycles. The number of benzene rings is 5. The molecule has 0 aliphatic carbocycles. The summed E-state index contributed by atoms with van der Waals surface area (Å²) in [5.74, 6) is 0.424. The van der Waals surface area contributed by atoms with Crippen LogP contribution in [0.15, 0.2) is 103 Å². The van der Waals surface area contributed by atoms with E-state index in [1.54, 1.807) is 0 Å². The van der Waals surface area contributed by atoms with Crippen LogP contribution in [0.4, 0.5) is 0 Å². The number of hydrogen-bond donors (Lipinski definition) is 1. The van der Waals surface area contributed by atoms with Crippen molar-refractivity contribution in [3.05, 3.63) is 115 Å². The van der Waals surface area contributed by atoms with Gasteiger partial charge in [0.05, 0.1) is 5.76 Å². The topological polar surface area (TPSA) is 50.2 Å². The van der Waals surface area contributed by atoms with Crippen molar-refractivity contribution < 1.29 is 30.0 Å². The molecule has 0 saturated heterocycles. The quantitative estimate of drug-likeness (QED) is 0.0873. The van der Waals surface area contributed by atoms with Crippen molar-refractivity contribution in [3.8, 4) is 11.3 Å². The number of fused-ring (bicyclic) bond motifs is 6. The minimum Gasteiger partial charge on any atom is -0.512 e. The van der Waals surface area contributed by atoms with E-state index in [0.717, 1.165) is 16.6 Å². The summed E-state index contributed by atoms with van der Waals surface area (Å²) in [7, 11) is 0. The molecule has 0 bridgehead atoms. The van der Waals surface area contributed by atoms with E-state index in [1.165, 1.54) is 63.2 Å². The van der Waals surface area contributed by atoms with E-state index in [0.29, 0.717) is 5.92 Å². The average Bonchev–Trinajstić information content (AvgIpc) is 2.91. The van der Waals surface area contributed by atoms with Gasteiger partial charge in [-0.3, -0.25) is 9.78 Å². The SMILES string of the molecule is CC(=O)/C=C(/C)O.CC(C)c1cccc2c1ccc1c(-c3[c-]c4ccccc4c4ccccc34)nccc12.[Ir]. The van der Waals surface area contributed by atoms with Crippen molar-refractivity contribution in [2.75, 3.05) is 0 Å². The van der Waals surface area contributed by atoms with Gasteiger partial charge in [0.2, 0.25) is 0 Å². The van der Waals surface area contributed by atoms with E-state index < -0.39 is 0 Å². The summed E-state index contributed by atoms with van der Waals surface area (Å²) in [5, 5.41) is 18.2. The molecule has 0 fully saturated rings. The zero-order chi connectivity index (χ0) is 26.8. The summed E-state index contributed by atoms with van der Waals surface area (Å²) in [6.07, 6.45) is 3.11.